The van der Waals surface area contributed by atoms with Crippen molar-refractivity contribution in [2.45, 2.75) is 13.0 Å². The van der Waals surface area contributed by atoms with Gasteiger partial charge in [0.25, 0.3) is 5.91 Å². The Hall–Kier alpha value is -2.32. The average molecular weight is 273 g/mol. The molecule has 1 aromatic carbocycles. The molecule has 2 amide bonds. The predicted molar refractivity (Wildman–Crippen MR) is 78.0 cm³/mol. The Morgan fingerprint density at radius 2 is 2.10 bits per heavy atom. The zero-order valence-electron chi connectivity index (χ0n) is 11.9. The molecule has 1 rings (SSSR count). The number of nitrogens with two attached hydrogens (primary N) is 1. The van der Waals surface area contributed by atoms with Gasteiger partial charge in [-0.05, 0) is 25.1 Å². The summed E-state index contributed by atoms with van der Waals surface area (Å²) in [6.07, 6.45) is 0. The molecule has 0 aliphatic carbocycles. The molecule has 0 aromatic heterocycles. The zero-order valence-corrected chi connectivity index (χ0v) is 11.9. The summed E-state index contributed by atoms with van der Waals surface area (Å²) in [6.45, 7) is 1.92. The number of likely N-dealkylation sites (N-methyl/N-ethyl adjacent to an activating group) is 1. The summed E-state index contributed by atoms with van der Waals surface area (Å²) in [5, 5.41) is 2.66. The molecule has 5 nitrogen and oxygen atoms in total. The standard InChI is InChI=1S/C15H19N3O2/c1-11(15(20)18(2)3)17-14(19)13-8-4-6-12(10-13)7-5-9-16/h4,6,8,10-11H,9,16H2,1-3H3,(H,17,19). The molecule has 5 heteroatoms. The molecular weight excluding hydrogens is 254 g/mol. The quantitative estimate of drug-likeness (QED) is 0.773. The van der Waals surface area contributed by atoms with E-state index < -0.39 is 6.04 Å². The van der Waals surface area contributed by atoms with Crippen molar-refractivity contribution < 1.29 is 9.59 Å². The van der Waals surface area contributed by atoms with E-state index in [1.54, 1.807) is 45.3 Å². The maximum atomic E-state index is 12.1. The highest BCUT2D eigenvalue weighted by atomic mass is 16.2. The maximum Gasteiger partial charge on any atom is 0.251 e. The molecule has 0 spiro atoms. The van der Waals surface area contributed by atoms with E-state index in [0.29, 0.717) is 5.56 Å². The minimum atomic E-state index is -0.573. The number of nitrogens with one attached hydrogen (secondary N) is 1. The Bertz CT molecular complexity index is 556. The zero-order chi connectivity index (χ0) is 15.1. The molecule has 0 bridgehead atoms. The molecule has 0 aliphatic rings. The number of nitrogens with zero attached hydrogens (tertiary/aromatic N) is 1. The maximum absolute atomic E-state index is 12.1. The SMILES string of the molecule is CC(NC(=O)c1cccc(C#CCN)c1)C(=O)N(C)C. The lowest BCUT2D eigenvalue weighted by Gasteiger charge is -2.18. The molecule has 1 unspecified atom stereocenters. The summed E-state index contributed by atoms with van der Waals surface area (Å²) in [4.78, 5) is 25.2. The highest BCUT2D eigenvalue weighted by Crippen LogP contribution is 2.05. The van der Waals surface area contributed by atoms with Crippen LogP contribution in [0.4, 0.5) is 0 Å². The molecule has 0 heterocycles. The Labute approximate surface area is 119 Å². The largest absolute Gasteiger partial charge is 0.347 e. The van der Waals surface area contributed by atoms with E-state index in [2.05, 4.69) is 17.2 Å². The fourth-order valence-electron chi connectivity index (χ4n) is 1.62. The van der Waals surface area contributed by atoms with Gasteiger partial charge in [-0.1, -0.05) is 17.9 Å². The van der Waals surface area contributed by atoms with Crippen molar-refractivity contribution in [3.63, 3.8) is 0 Å². The third-order valence-electron chi connectivity index (χ3n) is 2.62. The lowest BCUT2D eigenvalue weighted by Crippen LogP contribution is -2.44. The van der Waals surface area contributed by atoms with Gasteiger partial charge >= 0.3 is 0 Å². The smallest absolute Gasteiger partial charge is 0.251 e. The first-order valence-corrected chi connectivity index (χ1v) is 6.26. The van der Waals surface area contributed by atoms with Crippen LogP contribution >= 0.6 is 0 Å². The van der Waals surface area contributed by atoms with Gasteiger partial charge in [-0.15, -0.1) is 0 Å². The van der Waals surface area contributed by atoms with Crippen LogP contribution in [0.3, 0.4) is 0 Å². The lowest BCUT2D eigenvalue weighted by atomic mass is 10.1. The number of carbonyl (C=O) groups excluding carboxylic acids is 2. The molecule has 20 heavy (non-hydrogen) atoms. The fourth-order valence-corrected chi connectivity index (χ4v) is 1.62. The van der Waals surface area contributed by atoms with Gasteiger partial charge in [-0.2, -0.15) is 0 Å². The van der Waals surface area contributed by atoms with E-state index in [0.717, 1.165) is 5.56 Å². The molecule has 3 N–H and O–H groups in total. The number of hydrogen-bond acceptors (Lipinski definition) is 3. The van der Waals surface area contributed by atoms with Crippen LogP contribution in [0.5, 0.6) is 0 Å². The molecule has 1 aromatic rings. The Kier molecular flexibility index (Phi) is 5.75. The third kappa shape index (κ3) is 4.41. The predicted octanol–water partition coefficient (Wildman–Crippen LogP) is 0.203. The van der Waals surface area contributed by atoms with Gasteiger partial charge in [0.05, 0.1) is 6.54 Å². The Morgan fingerprint density at radius 3 is 2.70 bits per heavy atom. The molecule has 0 saturated carbocycles. The molecule has 0 aliphatic heterocycles. The first-order valence-electron chi connectivity index (χ1n) is 6.26. The number of benzene rings is 1. The Balaban J connectivity index is 2.80. The fraction of sp³-hybridized carbons (Fsp3) is 0.333. The normalized spacial score (nSPS) is 11.0. The van der Waals surface area contributed by atoms with Crippen LogP contribution < -0.4 is 11.1 Å². The van der Waals surface area contributed by atoms with Gasteiger partial charge in [0.1, 0.15) is 6.04 Å². The van der Waals surface area contributed by atoms with Crippen LogP contribution in [-0.4, -0.2) is 43.4 Å². The van der Waals surface area contributed by atoms with Crippen LogP contribution in [0.1, 0.15) is 22.8 Å². The van der Waals surface area contributed by atoms with E-state index in [9.17, 15) is 9.59 Å². The van der Waals surface area contributed by atoms with E-state index in [-0.39, 0.29) is 18.4 Å². The average Bonchev–Trinajstić information content (AvgIpc) is 2.44. The van der Waals surface area contributed by atoms with Crippen molar-refractivity contribution in [2.75, 3.05) is 20.6 Å². The molecule has 0 saturated heterocycles. The topological polar surface area (TPSA) is 75.4 Å². The van der Waals surface area contributed by atoms with Gasteiger partial charge in [0.2, 0.25) is 5.91 Å². The second-order valence-electron chi connectivity index (χ2n) is 4.51. The van der Waals surface area contributed by atoms with Crippen molar-refractivity contribution >= 4 is 11.8 Å². The van der Waals surface area contributed by atoms with Crippen molar-refractivity contribution in [3.05, 3.63) is 35.4 Å². The van der Waals surface area contributed by atoms with Gasteiger partial charge in [0.15, 0.2) is 0 Å². The van der Waals surface area contributed by atoms with Gasteiger partial charge < -0.3 is 16.0 Å². The minimum Gasteiger partial charge on any atom is -0.347 e. The van der Waals surface area contributed by atoms with Gasteiger partial charge in [-0.25, -0.2) is 0 Å². The van der Waals surface area contributed by atoms with E-state index in [1.165, 1.54) is 4.90 Å². The van der Waals surface area contributed by atoms with Crippen LogP contribution in [0, 0.1) is 11.8 Å². The van der Waals surface area contributed by atoms with Crippen molar-refractivity contribution in [1.82, 2.24) is 10.2 Å². The molecular formula is C15H19N3O2. The first kappa shape index (κ1) is 15.7. The van der Waals surface area contributed by atoms with Crippen LogP contribution in [-0.2, 0) is 4.79 Å². The number of amides is 2. The highest BCUT2D eigenvalue weighted by molar-refractivity contribution is 5.97. The second kappa shape index (κ2) is 7.31. The lowest BCUT2D eigenvalue weighted by molar-refractivity contribution is -0.130. The van der Waals surface area contributed by atoms with Crippen molar-refractivity contribution in [3.8, 4) is 11.8 Å². The van der Waals surface area contributed by atoms with Gasteiger partial charge in [-0.3, -0.25) is 9.59 Å². The highest BCUT2D eigenvalue weighted by Gasteiger charge is 2.17. The number of rotatable bonds is 3. The Morgan fingerprint density at radius 1 is 1.40 bits per heavy atom. The number of hydrogen-bond donors (Lipinski definition) is 2. The van der Waals surface area contributed by atoms with Crippen LogP contribution in [0.15, 0.2) is 24.3 Å². The first-order chi connectivity index (χ1) is 9.45. The summed E-state index contributed by atoms with van der Waals surface area (Å²) >= 11 is 0. The molecule has 1 atom stereocenters. The van der Waals surface area contributed by atoms with Crippen LogP contribution in [0.25, 0.3) is 0 Å². The van der Waals surface area contributed by atoms with E-state index in [4.69, 9.17) is 5.73 Å². The van der Waals surface area contributed by atoms with E-state index in [1.807, 2.05) is 0 Å². The summed E-state index contributed by atoms with van der Waals surface area (Å²) in [5.41, 5.74) is 6.49. The minimum absolute atomic E-state index is 0.155. The molecule has 0 fully saturated rings. The third-order valence-corrected chi connectivity index (χ3v) is 2.62. The monoisotopic (exact) mass is 273 g/mol. The van der Waals surface area contributed by atoms with E-state index >= 15 is 0 Å². The second-order valence-corrected chi connectivity index (χ2v) is 4.51. The summed E-state index contributed by atoms with van der Waals surface area (Å²) < 4.78 is 0. The molecule has 106 valence electrons. The van der Waals surface area contributed by atoms with Crippen LogP contribution in [0.2, 0.25) is 0 Å². The molecule has 0 radical (unpaired) electrons. The van der Waals surface area contributed by atoms with Crippen molar-refractivity contribution in [2.24, 2.45) is 5.73 Å². The summed E-state index contributed by atoms with van der Waals surface area (Å²) in [7, 11) is 3.29. The van der Waals surface area contributed by atoms with Gasteiger partial charge in [0, 0.05) is 25.2 Å². The number of carbonyl (C=O) groups is 2. The van der Waals surface area contributed by atoms with Crippen molar-refractivity contribution in [1.29, 1.82) is 0 Å². The summed E-state index contributed by atoms with van der Waals surface area (Å²) in [6, 6.07) is 6.32. The summed E-state index contributed by atoms with van der Waals surface area (Å²) in [5.74, 6) is 5.14.